The van der Waals surface area contributed by atoms with Gasteiger partial charge in [0.25, 0.3) is 0 Å². The molecule has 0 aliphatic heterocycles. The Morgan fingerprint density at radius 1 is 1.00 bits per heavy atom. The number of hydrogen-bond acceptors (Lipinski definition) is 1. The molecule has 1 aliphatic rings. The third-order valence-corrected chi connectivity index (χ3v) is 4.37. The van der Waals surface area contributed by atoms with Crippen LogP contribution in [-0.4, -0.2) is 6.54 Å². The molecule has 0 spiro atoms. The first-order chi connectivity index (χ1) is 9.83. The minimum atomic E-state index is 0.609. The highest BCUT2D eigenvalue weighted by molar-refractivity contribution is 5.50. The second-order valence-electron chi connectivity index (χ2n) is 5.86. The van der Waals surface area contributed by atoms with E-state index in [1.54, 1.807) is 11.1 Å². The summed E-state index contributed by atoms with van der Waals surface area (Å²) in [4.78, 5) is 0. The Kier molecular flexibility index (Phi) is 4.05. The Morgan fingerprint density at radius 3 is 2.65 bits per heavy atom. The van der Waals surface area contributed by atoms with Gasteiger partial charge in [-0.05, 0) is 60.4 Å². The Morgan fingerprint density at radius 2 is 1.80 bits per heavy atom. The van der Waals surface area contributed by atoms with Gasteiger partial charge in [-0.2, -0.15) is 0 Å². The molecule has 0 heterocycles. The highest BCUT2D eigenvalue weighted by atomic mass is 14.9. The van der Waals surface area contributed by atoms with Gasteiger partial charge in [-0.1, -0.05) is 43.3 Å². The molecule has 0 amide bonds. The van der Waals surface area contributed by atoms with Gasteiger partial charge in [-0.15, -0.1) is 0 Å². The summed E-state index contributed by atoms with van der Waals surface area (Å²) in [5.74, 6) is 0.609. The van der Waals surface area contributed by atoms with Crippen molar-refractivity contribution in [2.24, 2.45) is 0 Å². The maximum Gasteiger partial charge on any atom is 0.0343 e. The van der Waals surface area contributed by atoms with Gasteiger partial charge >= 0.3 is 0 Å². The molecular weight excluding hydrogens is 242 g/mol. The molecule has 104 valence electrons. The highest BCUT2D eigenvalue weighted by Crippen LogP contribution is 2.25. The van der Waals surface area contributed by atoms with Crippen LogP contribution in [0.15, 0.2) is 48.5 Å². The maximum atomic E-state index is 3.58. The summed E-state index contributed by atoms with van der Waals surface area (Å²) in [7, 11) is 0. The summed E-state index contributed by atoms with van der Waals surface area (Å²) in [6, 6.07) is 17.6. The lowest BCUT2D eigenvalue weighted by molar-refractivity contribution is 0.706. The molecule has 2 aromatic rings. The van der Waals surface area contributed by atoms with Gasteiger partial charge in [-0.3, -0.25) is 0 Å². The average molecular weight is 265 g/mol. The molecule has 1 N–H and O–H groups in total. The summed E-state index contributed by atoms with van der Waals surface area (Å²) < 4.78 is 0. The first-order valence-corrected chi connectivity index (χ1v) is 7.73. The van der Waals surface area contributed by atoms with Crippen molar-refractivity contribution in [3.63, 3.8) is 0 Å². The number of nitrogens with one attached hydrogen (secondary N) is 1. The topological polar surface area (TPSA) is 12.0 Å². The van der Waals surface area contributed by atoms with Gasteiger partial charge in [0.2, 0.25) is 0 Å². The number of benzene rings is 2. The van der Waals surface area contributed by atoms with E-state index in [9.17, 15) is 0 Å². The first kappa shape index (κ1) is 13.2. The fourth-order valence-corrected chi connectivity index (χ4v) is 3.06. The molecule has 0 aromatic heterocycles. The zero-order valence-corrected chi connectivity index (χ0v) is 12.2. The monoisotopic (exact) mass is 265 g/mol. The zero-order valence-electron chi connectivity index (χ0n) is 12.2. The lowest BCUT2D eigenvalue weighted by Gasteiger charge is -2.13. The highest BCUT2D eigenvalue weighted by Gasteiger charge is 2.10. The zero-order chi connectivity index (χ0) is 13.8. The fraction of sp³-hybridized carbons (Fsp3) is 0.368. The minimum absolute atomic E-state index is 0.609. The Bertz CT molecular complexity index is 559. The molecule has 2 aromatic carbocycles. The van der Waals surface area contributed by atoms with Crippen LogP contribution in [0.2, 0.25) is 0 Å². The van der Waals surface area contributed by atoms with Crippen LogP contribution in [0.5, 0.6) is 0 Å². The molecule has 3 rings (SSSR count). The molecule has 1 nitrogen and oxygen atoms in total. The summed E-state index contributed by atoms with van der Waals surface area (Å²) in [5, 5.41) is 3.58. The molecule has 0 saturated heterocycles. The van der Waals surface area contributed by atoms with E-state index in [-0.39, 0.29) is 0 Å². The predicted octanol–water partition coefficient (Wildman–Crippen LogP) is 4.78. The Balaban J connectivity index is 1.53. The van der Waals surface area contributed by atoms with Gasteiger partial charge < -0.3 is 5.32 Å². The van der Waals surface area contributed by atoms with Crippen molar-refractivity contribution in [2.75, 3.05) is 11.9 Å². The smallest absolute Gasteiger partial charge is 0.0343 e. The number of fused-ring (bicyclic) bond motifs is 1. The molecule has 20 heavy (non-hydrogen) atoms. The Hall–Kier alpha value is -1.76. The van der Waals surface area contributed by atoms with E-state index in [2.05, 4.69) is 60.8 Å². The molecule has 1 aliphatic carbocycles. The van der Waals surface area contributed by atoms with E-state index in [0.29, 0.717) is 5.92 Å². The van der Waals surface area contributed by atoms with Crippen LogP contribution in [0.4, 0.5) is 5.69 Å². The molecule has 1 atom stereocenters. The van der Waals surface area contributed by atoms with Crippen LogP contribution in [0, 0.1) is 0 Å². The lowest BCUT2D eigenvalue weighted by atomic mass is 9.98. The fourth-order valence-electron chi connectivity index (χ4n) is 3.06. The predicted molar refractivity (Wildman–Crippen MR) is 86.4 cm³/mol. The van der Waals surface area contributed by atoms with E-state index >= 15 is 0 Å². The minimum Gasteiger partial charge on any atom is -0.385 e. The van der Waals surface area contributed by atoms with Crippen molar-refractivity contribution in [1.82, 2.24) is 0 Å². The standard InChI is InChI=1S/C19H23N/c1-15(16-6-3-2-4-7-16)12-13-20-19-11-10-17-8-5-9-18(17)14-19/h2-4,6-7,10-11,14-15,20H,5,8-9,12-13H2,1H3. The maximum absolute atomic E-state index is 3.58. The number of aryl methyl sites for hydroxylation is 2. The SMILES string of the molecule is CC(CCNc1ccc2c(c1)CCC2)c1ccccc1. The third-order valence-electron chi connectivity index (χ3n) is 4.37. The third kappa shape index (κ3) is 3.04. The molecule has 0 radical (unpaired) electrons. The van der Waals surface area contributed by atoms with Gasteiger partial charge in [0, 0.05) is 12.2 Å². The molecule has 1 unspecified atom stereocenters. The first-order valence-electron chi connectivity index (χ1n) is 7.73. The van der Waals surface area contributed by atoms with Gasteiger partial charge in [-0.25, -0.2) is 0 Å². The molecule has 0 bridgehead atoms. The van der Waals surface area contributed by atoms with Crippen LogP contribution in [-0.2, 0) is 12.8 Å². The van der Waals surface area contributed by atoms with Crippen LogP contribution in [0.3, 0.4) is 0 Å². The van der Waals surface area contributed by atoms with Crippen molar-refractivity contribution in [2.45, 2.75) is 38.5 Å². The molecule has 0 saturated carbocycles. The largest absolute Gasteiger partial charge is 0.385 e. The lowest BCUT2D eigenvalue weighted by Crippen LogP contribution is -2.06. The summed E-state index contributed by atoms with van der Waals surface area (Å²) in [6.07, 6.45) is 5.01. The summed E-state index contributed by atoms with van der Waals surface area (Å²) >= 11 is 0. The van der Waals surface area contributed by atoms with E-state index in [4.69, 9.17) is 0 Å². The molecule has 1 heteroatoms. The normalized spacial score (nSPS) is 14.8. The van der Waals surface area contributed by atoms with E-state index in [1.165, 1.54) is 36.9 Å². The number of anilines is 1. The van der Waals surface area contributed by atoms with Crippen LogP contribution < -0.4 is 5.32 Å². The van der Waals surface area contributed by atoms with Crippen LogP contribution >= 0.6 is 0 Å². The van der Waals surface area contributed by atoms with E-state index < -0.39 is 0 Å². The van der Waals surface area contributed by atoms with Crippen molar-refractivity contribution in [1.29, 1.82) is 0 Å². The van der Waals surface area contributed by atoms with Gasteiger partial charge in [0.05, 0.1) is 0 Å². The Labute approximate surface area is 122 Å². The quantitative estimate of drug-likeness (QED) is 0.820. The van der Waals surface area contributed by atoms with Crippen LogP contribution in [0.25, 0.3) is 0 Å². The van der Waals surface area contributed by atoms with E-state index in [1.807, 2.05) is 0 Å². The van der Waals surface area contributed by atoms with Gasteiger partial charge in [0.15, 0.2) is 0 Å². The average Bonchev–Trinajstić information content (AvgIpc) is 2.95. The van der Waals surface area contributed by atoms with Gasteiger partial charge in [0.1, 0.15) is 0 Å². The van der Waals surface area contributed by atoms with Crippen molar-refractivity contribution >= 4 is 5.69 Å². The molecular formula is C19H23N. The van der Waals surface area contributed by atoms with Crippen molar-refractivity contribution in [3.8, 4) is 0 Å². The summed E-state index contributed by atoms with van der Waals surface area (Å²) in [6.45, 7) is 3.34. The number of hydrogen-bond donors (Lipinski definition) is 1. The van der Waals surface area contributed by atoms with Crippen molar-refractivity contribution < 1.29 is 0 Å². The summed E-state index contributed by atoms with van der Waals surface area (Å²) in [5.41, 5.74) is 5.81. The molecule has 0 fully saturated rings. The van der Waals surface area contributed by atoms with Crippen LogP contribution in [0.1, 0.15) is 42.4 Å². The second kappa shape index (κ2) is 6.13. The van der Waals surface area contributed by atoms with E-state index in [0.717, 1.165) is 6.54 Å². The van der Waals surface area contributed by atoms with Crippen molar-refractivity contribution in [3.05, 3.63) is 65.2 Å². The number of rotatable bonds is 5. The second-order valence-corrected chi connectivity index (χ2v) is 5.86.